The van der Waals surface area contributed by atoms with Gasteiger partial charge in [-0.05, 0) is 6.07 Å². The van der Waals surface area contributed by atoms with Gasteiger partial charge in [0.25, 0.3) is 0 Å². The second-order valence-electron chi connectivity index (χ2n) is 8.31. The van der Waals surface area contributed by atoms with Crippen molar-refractivity contribution in [3.63, 3.8) is 0 Å². The molecular weight excluding hydrogens is 428 g/mol. The summed E-state index contributed by atoms with van der Waals surface area (Å²) < 4.78 is 85.9. The summed E-state index contributed by atoms with van der Waals surface area (Å²) in [5, 5.41) is 0. The monoisotopic (exact) mass is 447 g/mol. The molecule has 2 aliphatic heterocycles. The van der Waals surface area contributed by atoms with Crippen molar-refractivity contribution in [3.8, 4) is 11.3 Å². The molecule has 168 valence electrons. The lowest BCUT2D eigenvalue weighted by molar-refractivity contribution is -0.137. The van der Waals surface area contributed by atoms with Crippen LogP contribution in [-0.4, -0.2) is 58.5 Å². The van der Waals surface area contributed by atoms with Crippen molar-refractivity contribution in [2.45, 2.75) is 30.4 Å². The quantitative estimate of drug-likeness (QED) is 0.690. The highest BCUT2D eigenvalue weighted by molar-refractivity contribution is 5.63. The van der Waals surface area contributed by atoms with E-state index in [1.54, 1.807) is 11.7 Å². The van der Waals surface area contributed by atoms with Gasteiger partial charge in [0.2, 0.25) is 0 Å². The van der Waals surface area contributed by atoms with Gasteiger partial charge in [-0.15, -0.1) is 0 Å². The summed E-state index contributed by atoms with van der Waals surface area (Å²) in [5.74, 6) is -0.426. The second kappa shape index (κ2) is 6.35. The number of fused-ring (bicyclic) bond motifs is 1. The van der Waals surface area contributed by atoms with Crippen molar-refractivity contribution in [3.05, 3.63) is 29.8 Å². The van der Waals surface area contributed by atoms with E-state index in [0.29, 0.717) is 13.2 Å². The molecule has 1 unspecified atom stereocenters. The predicted molar refractivity (Wildman–Crippen MR) is 96.8 cm³/mol. The van der Waals surface area contributed by atoms with Gasteiger partial charge in [0, 0.05) is 56.0 Å². The molecule has 2 bridgehead atoms. The number of ether oxygens (including phenoxy) is 1. The number of hydrogen-bond donors (Lipinski definition) is 1. The zero-order valence-corrected chi connectivity index (χ0v) is 16.3. The standard InChI is InChI=1S/C19H19F6N5O/c1-31-3-2-29-7-11-14-15(29)18(11,14)30-8-12(28-13(30)5-17(20,21)22)9-4-10(19(23,24)25)16(26)27-6-9/h4,6,8,11,14-15H,2-3,5,7H2,1H3,(H2,26,27)/t11-,14-,15?,18-/m1/s1. The Labute approximate surface area is 173 Å². The Morgan fingerprint density at radius 1 is 1.26 bits per heavy atom. The normalized spacial score (nSPS) is 29.3. The van der Waals surface area contributed by atoms with Crippen LogP contribution in [0.2, 0.25) is 0 Å². The number of methoxy groups -OCH3 is 1. The molecule has 4 aliphatic rings. The van der Waals surface area contributed by atoms with Crippen molar-refractivity contribution in [2.75, 3.05) is 32.5 Å². The molecule has 0 radical (unpaired) electrons. The molecule has 4 atom stereocenters. The lowest BCUT2D eigenvalue weighted by atomic mass is 10.1. The minimum atomic E-state index is -4.73. The number of nitrogen functional groups attached to an aromatic ring is 1. The number of rotatable bonds is 6. The Morgan fingerprint density at radius 2 is 2.00 bits per heavy atom. The largest absolute Gasteiger partial charge is 0.419 e. The summed E-state index contributed by atoms with van der Waals surface area (Å²) in [4.78, 5) is 9.86. The molecule has 2 aromatic heterocycles. The fraction of sp³-hybridized carbons (Fsp3) is 0.579. The molecule has 2 saturated carbocycles. The fourth-order valence-corrected chi connectivity index (χ4v) is 5.32. The number of imidazole rings is 1. The number of piperidine rings is 1. The number of hydrogen-bond acceptors (Lipinski definition) is 5. The summed E-state index contributed by atoms with van der Waals surface area (Å²) in [6, 6.07) is 0.887. The molecule has 12 heteroatoms. The first kappa shape index (κ1) is 20.6. The van der Waals surface area contributed by atoms with E-state index in [1.165, 1.54) is 6.20 Å². The molecule has 4 fully saturated rings. The number of aromatic nitrogens is 3. The number of pyridine rings is 1. The molecule has 4 heterocycles. The SMILES string of the molecule is COCCN1C[C@@H]2[C@@H]3C1[C@@]23n1cc(-c2cnc(N)c(C(F)(F)F)c2)nc1CC(F)(F)F. The van der Waals surface area contributed by atoms with E-state index in [0.717, 1.165) is 18.8 Å². The average Bonchev–Trinajstić information content (AvgIpc) is 3.25. The maximum Gasteiger partial charge on any atom is 0.419 e. The molecule has 6 rings (SSSR count). The Balaban J connectivity index is 1.52. The van der Waals surface area contributed by atoms with Crippen LogP contribution < -0.4 is 5.73 Å². The number of alkyl halides is 6. The minimum absolute atomic E-state index is 0.0204. The van der Waals surface area contributed by atoms with Crippen LogP contribution in [0.15, 0.2) is 18.5 Å². The zero-order valence-electron chi connectivity index (χ0n) is 16.3. The molecule has 31 heavy (non-hydrogen) atoms. The van der Waals surface area contributed by atoms with Crippen LogP contribution >= 0.6 is 0 Å². The molecular formula is C19H19F6N5O. The predicted octanol–water partition coefficient (Wildman–Crippen LogP) is 2.94. The Kier molecular flexibility index (Phi) is 4.21. The van der Waals surface area contributed by atoms with Crippen LogP contribution in [0, 0.1) is 11.8 Å². The maximum atomic E-state index is 13.2. The highest BCUT2D eigenvalue weighted by Gasteiger charge is 2.93. The molecule has 2 N–H and O–H groups in total. The van der Waals surface area contributed by atoms with Crippen LogP contribution in [0.4, 0.5) is 32.2 Å². The zero-order chi connectivity index (χ0) is 22.3. The third-order valence-corrected chi connectivity index (χ3v) is 6.64. The summed E-state index contributed by atoms with van der Waals surface area (Å²) in [6.07, 6.45) is -7.96. The van der Waals surface area contributed by atoms with Crippen LogP contribution in [0.5, 0.6) is 0 Å². The number of halogens is 6. The lowest BCUT2D eigenvalue weighted by Gasteiger charge is -2.18. The van der Waals surface area contributed by atoms with E-state index in [-0.39, 0.29) is 35.0 Å². The smallest absolute Gasteiger partial charge is 0.383 e. The van der Waals surface area contributed by atoms with Crippen LogP contribution in [-0.2, 0) is 22.9 Å². The van der Waals surface area contributed by atoms with Crippen molar-refractivity contribution in [1.82, 2.24) is 19.4 Å². The van der Waals surface area contributed by atoms with Gasteiger partial charge in [0.15, 0.2) is 0 Å². The number of anilines is 1. The van der Waals surface area contributed by atoms with Crippen LogP contribution in [0.1, 0.15) is 11.4 Å². The second-order valence-corrected chi connectivity index (χ2v) is 8.31. The summed E-state index contributed by atoms with van der Waals surface area (Å²) in [7, 11) is 1.59. The molecule has 6 nitrogen and oxygen atoms in total. The van der Waals surface area contributed by atoms with E-state index < -0.39 is 35.7 Å². The topological polar surface area (TPSA) is 69.2 Å². The summed E-state index contributed by atoms with van der Waals surface area (Å²) in [6.45, 7) is 1.97. The Bertz CT molecular complexity index is 1030. The van der Waals surface area contributed by atoms with Gasteiger partial charge < -0.3 is 15.0 Å². The number of nitrogens with zero attached hydrogens (tertiary/aromatic N) is 4. The average molecular weight is 447 g/mol. The summed E-state index contributed by atoms with van der Waals surface area (Å²) >= 11 is 0. The molecule has 0 amide bonds. The van der Waals surface area contributed by atoms with E-state index >= 15 is 0 Å². The molecule has 0 spiro atoms. The van der Waals surface area contributed by atoms with Crippen LogP contribution in [0.3, 0.4) is 0 Å². The fourth-order valence-electron chi connectivity index (χ4n) is 5.32. The Morgan fingerprint density at radius 3 is 2.61 bits per heavy atom. The first-order chi connectivity index (χ1) is 14.5. The van der Waals surface area contributed by atoms with Gasteiger partial charge in [0.1, 0.15) is 18.1 Å². The van der Waals surface area contributed by atoms with Crippen molar-refractivity contribution < 1.29 is 31.1 Å². The van der Waals surface area contributed by atoms with Crippen molar-refractivity contribution >= 4 is 5.82 Å². The Hall–Kier alpha value is -2.34. The van der Waals surface area contributed by atoms with E-state index in [9.17, 15) is 26.3 Å². The van der Waals surface area contributed by atoms with Crippen LogP contribution in [0.25, 0.3) is 11.3 Å². The van der Waals surface area contributed by atoms with Crippen molar-refractivity contribution in [1.29, 1.82) is 0 Å². The number of nitrogens with two attached hydrogens (primary N) is 1. The lowest BCUT2D eigenvalue weighted by Crippen LogP contribution is -2.29. The highest BCUT2D eigenvalue weighted by Crippen LogP contribution is 2.83. The van der Waals surface area contributed by atoms with Gasteiger partial charge in [-0.2, -0.15) is 26.3 Å². The van der Waals surface area contributed by atoms with Gasteiger partial charge >= 0.3 is 12.4 Å². The third-order valence-electron chi connectivity index (χ3n) is 6.64. The summed E-state index contributed by atoms with van der Waals surface area (Å²) in [5.41, 5.74) is 3.74. The van der Waals surface area contributed by atoms with E-state index in [2.05, 4.69) is 14.9 Å². The minimum Gasteiger partial charge on any atom is -0.383 e. The molecule has 2 aliphatic carbocycles. The maximum absolute atomic E-state index is 13.2. The molecule has 2 aromatic rings. The van der Waals surface area contributed by atoms with Gasteiger partial charge in [-0.1, -0.05) is 0 Å². The van der Waals surface area contributed by atoms with Gasteiger partial charge in [-0.3, -0.25) is 4.90 Å². The first-order valence-corrected chi connectivity index (χ1v) is 9.70. The van der Waals surface area contributed by atoms with Gasteiger partial charge in [-0.25, -0.2) is 9.97 Å². The third kappa shape index (κ3) is 3.02. The van der Waals surface area contributed by atoms with Crippen molar-refractivity contribution in [2.24, 2.45) is 11.8 Å². The first-order valence-electron chi connectivity index (χ1n) is 9.70. The molecule has 2 saturated heterocycles. The van der Waals surface area contributed by atoms with Gasteiger partial charge in [0.05, 0.1) is 23.4 Å². The molecule has 0 aromatic carbocycles. The van der Waals surface area contributed by atoms with E-state index in [1.807, 2.05) is 0 Å². The van der Waals surface area contributed by atoms with E-state index in [4.69, 9.17) is 10.5 Å². The highest BCUT2D eigenvalue weighted by atomic mass is 19.4.